The molecule has 0 atom stereocenters. The SMILES string of the molecule is C=C(Br)CN=C(NCC)N1CCSC(C)(C)C1. The number of rotatable bonds is 3. The fourth-order valence-corrected chi connectivity index (χ4v) is 3.02. The Balaban J connectivity index is 2.69. The molecule has 3 nitrogen and oxygen atoms in total. The molecule has 0 aliphatic carbocycles. The zero-order valence-electron chi connectivity index (χ0n) is 10.9. The number of hydrogen-bond donors (Lipinski definition) is 1. The van der Waals surface area contributed by atoms with Crippen molar-refractivity contribution in [2.45, 2.75) is 25.5 Å². The van der Waals surface area contributed by atoms with Gasteiger partial charge >= 0.3 is 0 Å². The monoisotopic (exact) mass is 319 g/mol. The summed E-state index contributed by atoms with van der Waals surface area (Å²) in [7, 11) is 0. The van der Waals surface area contributed by atoms with E-state index in [4.69, 9.17) is 0 Å². The number of aliphatic imine (C=N–C) groups is 1. The van der Waals surface area contributed by atoms with Gasteiger partial charge in [-0.15, -0.1) is 0 Å². The van der Waals surface area contributed by atoms with Crippen LogP contribution in [-0.4, -0.2) is 47.5 Å². The Hall–Kier alpha value is -0.160. The van der Waals surface area contributed by atoms with Crippen LogP contribution in [0.15, 0.2) is 16.1 Å². The Bertz CT molecular complexity index is 302. The van der Waals surface area contributed by atoms with Gasteiger partial charge in [0.1, 0.15) is 0 Å². The van der Waals surface area contributed by atoms with Gasteiger partial charge in [0.2, 0.25) is 0 Å². The van der Waals surface area contributed by atoms with Gasteiger partial charge in [0, 0.05) is 34.6 Å². The van der Waals surface area contributed by atoms with Crippen LogP contribution in [0.3, 0.4) is 0 Å². The van der Waals surface area contributed by atoms with Crippen molar-refractivity contribution in [2.24, 2.45) is 4.99 Å². The van der Waals surface area contributed by atoms with Crippen LogP contribution < -0.4 is 5.32 Å². The van der Waals surface area contributed by atoms with E-state index in [1.165, 1.54) is 0 Å². The van der Waals surface area contributed by atoms with E-state index >= 15 is 0 Å². The molecule has 1 rings (SSSR count). The minimum atomic E-state index is 0.305. The smallest absolute Gasteiger partial charge is 0.194 e. The standard InChI is InChI=1S/C12H22BrN3S/c1-5-14-11(15-8-10(2)13)16-6-7-17-12(3,4)9-16/h2,5-9H2,1,3-4H3,(H,14,15). The predicted octanol–water partition coefficient (Wildman–Crippen LogP) is 2.69. The quantitative estimate of drug-likeness (QED) is 0.640. The summed E-state index contributed by atoms with van der Waals surface area (Å²) in [5, 5.41) is 3.35. The van der Waals surface area contributed by atoms with Crippen molar-refractivity contribution in [3.05, 3.63) is 11.1 Å². The third-order valence-electron chi connectivity index (χ3n) is 2.46. The number of halogens is 1. The van der Waals surface area contributed by atoms with Crippen LogP contribution in [-0.2, 0) is 0 Å². The molecule has 1 N–H and O–H groups in total. The molecule has 0 amide bonds. The van der Waals surface area contributed by atoms with Gasteiger partial charge in [0.15, 0.2) is 5.96 Å². The van der Waals surface area contributed by atoms with E-state index < -0.39 is 0 Å². The van der Waals surface area contributed by atoms with Crippen LogP contribution in [0, 0.1) is 0 Å². The minimum absolute atomic E-state index is 0.305. The van der Waals surface area contributed by atoms with E-state index in [1.807, 2.05) is 11.8 Å². The Kier molecular flexibility index (Phi) is 5.86. The summed E-state index contributed by atoms with van der Waals surface area (Å²) >= 11 is 5.38. The third-order valence-corrected chi connectivity index (χ3v) is 4.01. The molecule has 0 aromatic heterocycles. The summed E-state index contributed by atoms with van der Waals surface area (Å²) in [5.41, 5.74) is 0. The van der Waals surface area contributed by atoms with Gasteiger partial charge in [-0.05, 0) is 20.8 Å². The van der Waals surface area contributed by atoms with Gasteiger partial charge in [-0.3, -0.25) is 0 Å². The number of nitrogens with one attached hydrogen (secondary N) is 1. The van der Waals surface area contributed by atoms with Crippen molar-refractivity contribution < 1.29 is 0 Å². The molecule has 1 fully saturated rings. The molecule has 0 radical (unpaired) electrons. The van der Waals surface area contributed by atoms with Crippen LogP contribution in [0.5, 0.6) is 0 Å². The Morgan fingerprint density at radius 1 is 1.59 bits per heavy atom. The van der Waals surface area contributed by atoms with Crippen LogP contribution in [0.4, 0.5) is 0 Å². The Morgan fingerprint density at radius 3 is 2.82 bits per heavy atom. The van der Waals surface area contributed by atoms with Crippen molar-refractivity contribution in [1.82, 2.24) is 10.2 Å². The van der Waals surface area contributed by atoms with E-state index in [1.54, 1.807) is 0 Å². The first-order valence-corrected chi connectivity index (χ1v) is 7.73. The molecule has 0 aromatic carbocycles. The molecule has 0 saturated carbocycles. The average Bonchev–Trinajstić information content (AvgIpc) is 2.22. The van der Waals surface area contributed by atoms with Crippen molar-refractivity contribution in [3.63, 3.8) is 0 Å². The molecular weight excluding hydrogens is 298 g/mol. The van der Waals surface area contributed by atoms with Crippen LogP contribution in [0.1, 0.15) is 20.8 Å². The lowest BCUT2D eigenvalue weighted by atomic mass is 10.2. The van der Waals surface area contributed by atoms with E-state index in [0.717, 1.165) is 35.8 Å². The Labute approximate surface area is 117 Å². The maximum atomic E-state index is 4.58. The Morgan fingerprint density at radius 2 is 2.29 bits per heavy atom. The maximum Gasteiger partial charge on any atom is 0.194 e. The van der Waals surface area contributed by atoms with Crippen molar-refractivity contribution in [2.75, 3.05) is 31.9 Å². The molecule has 1 saturated heterocycles. The minimum Gasteiger partial charge on any atom is -0.357 e. The summed E-state index contributed by atoms with van der Waals surface area (Å²) in [6, 6.07) is 0. The first kappa shape index (κ1) is 14.9. The zero-order chi connectivity index (χ0) is 12.9. The number of nitrogens with zero attached hydrogens (tertiary/aromatic N) is 2. The fraction of sp³-hybridized carbons (Fsp3) is 0.750. The van der Waals surface area contributed by atoms with E-state index in [-0.39, 0.29) is 0 Å². The molecule has 5 heteroatoms. The van der Waals surface area contributed by atoms with Gasteiger partial charge in [0.05, 0.1) is 6.54 Å². The van der Waals surface area contributed by atoms with E-state index in [2.05, 4.69) is 58.5 Å². The van der Waals surface area contributed by atoms with Gasteiger partial charge < -0.3 is 10.2 Å². The molecule has 0 aromatic rings. The topological polar surface area (TPSA) is 27.6 Å². The molecule has 17 heavy (non-hydrogen) atoms. The van der Waals surface area contributed by atoms with Gasteiger partial charge in [-0.2, -0.15) is 11.8 Å². The normalized spacial score (nSPS) is 20.2. The first-order chi connectivity index (χ1) is 7.94. The molecule has 1 heterocycles. The molecule has 0 spiro atoms. The van der Waals surface area contributed by atoms with Gasteiger partial charge in [-0.1, -0.05) is 22.5 Å². The van der Waals surface area contributed by atoms with Crippen LogP contribution in [0.2, 0.25) is 0 Å². The highest BCUT2D eigenvalue weighted by Gasteiger charge is 2.28. The molecule has 0 unspecified atom stereocenters. The summed E-state index contributed by atoms with van der Waals surface area (Å²) in [5.74, 6) is 2.16. The molecule has 98 valence electrons. The third kappa shape index (κ3) is 5.34. The lowest BCUT2D eigenvalue weighted by Gasteiger charge is -2.39. The zero-order valence-corrected chi connectivity index (χ0v) is 13.3. The van der Waals surface area contributed by atoms with E-state index in [0.29, 0.717) is 11.3 Å². The second-order valence-corrected chi connectivity index (χ2v) is 7.64. The number of guanidine groups is 1. The first-order valence-electron chi connectivity index (χ1n) is 5.95. The van der Waals surface area contributed by atoms with Gasteiger partial charge in [0.25, 0.3) is 0 Å². The number of hydrogen-bond acceptors (Lipinski definition) is 2. The molecule has 0 bridgehead atoms. The summed E-state index contributed by atoms with van der Waals surface area (Å²) in [6.45, 7) is 14.1. The van der Waals surface area contributed by atoms with Crippen LogP contribution in [0.25, 0.3) is 0 Å². The fourth-order valence-electron chi connectivity index (χ4n) is 1.78. The van der Waals surface area contributed by atoms with Crippen molar-refractivity contribution >= 4 is 33.7 Å². The second kappa shape index (κ2) is 6.69. The predicted molar refractivity (Wildman–Crippen MR) is 82.2 cm³/mol. The lowest BCUT2D eigenvalue weighted by molar-refractivity contribution is 0.376. The largest absolute Gasteiger partial charge is 0.357 e. The highest BCUT2D eigenvalue weighted by Crippen LogP contribution is 2.29. The van der Waals surface area contributed by atoms with Crippen molar-refractivity contribution in [3.8, 4) is 0 Å². The molecule has 1 aliphatic rings. The summed E-state index contributed by atoms with van der Waals surface area (Å²) in [4.78, 5) is 6.92. The molecular formula is C12H22BrN3S. The lowest BCUT2D eigenvalue weighted by Crippen LogP contribution is -2.51. The summed E-state index contributed by atoms with van der Waals surface area (Å²) < 4.78 is 1.22. The highest BCUT2D eigenvalue weighted by molar-refractivity contribution is 9.11. The van der Waals surface area contributed by atoms with E-state index in [9.17, 15) is 0 Å². The van der Waals surface area contributed by atoms with Crippen LogP contribution >= 0.6 is 27.7 Å². The molecule has 1 aliphatic heterocycles. The summed E-state index contributed by atoms with van der Waals surface area (Å²) in [6.07, 6.45) is 0. The van der Waals surface area contributed by atoms with Gasteiger partial charge in [-0.25, -0.2) is 4.99 Å². The highest BCUT2D eigenvalue weighted by atomic mass is 79.9. The number of thioether (sulfide) groups is 1. The maximum absolute atomic E-state index is 4.58. The van der Waals surface area contributed by atoms with Crippen molar-refractivity contribution in [1.29, 1.82) is 0 Å². The average molecular weight is 320 g/mol. The second-order valence-electron chi connectivity index (χ2n) is 4.72.